The zero-order valence-electron chi connectivity index (χ0n) is 4.46. The molecule has 1 rings (SSSR count). The molecule has 0 aromatic rings. The molecular weight excluding hydrogens is 126 g/mol. The maximum absolute atomic E-state index is 9.91. The molecule has 48 valence electrons. The highest BCUT2D eigenvalue weighted by molar-refractivity contribution is 7.72. The Bertz CT molecular complexity index is 131. The van der Waals surface area contributed by atoms with Crippen LogP contribution in [0.3, 0.4) is 0 Å². The molecule has 1 aliphatic rings. The molecule has 0 aromatic carbocycles. The van der Waals surface area contributed by atoms with E-state index in [0.717, 1.165) is 12.8 Å². The number of hydrogen-bond donors (Lipinski definition) is 2. The zero-order valence-corrected chi connectivity index (χ0v) is 5.36. The first-order valence-corrected chi connectivity index (χ1v) is 4.00. The van der Waals surface area contributed by atoms with Crippen LogP contribution < -0.4 is 5.32 Å². The molecule has 0 saturated heterocycles. The standard InChI is InChI=1S/C4H9NO2S/c6-8(7)3-5-4-1-2-4/h4-5,8H,1-3H2. The molecular formula is C4H9NO2S. The zero-order chi connectivity index (χ0) is 5.98. The largest absolute Gasteiger partial charge is 0.301 e. The van der Waals surface area contributed by atoms with Gasteiger partial charge in [0.2, 0.25) is 0 Å². The molecule has 1 saturated carbocycles. The van der Waals surface area contributed by atoms with Gasteiger partial charge >= 0.3 is 0 Å². The Labute approximate surface area is 50.0 Å². The van der Waals surface area contributed by atoms with E-state index in [1.165, 1.54) is 0 Å². The lowest BCUT2D eigenvalue weighted by molar-refractivity contribution is 0.605. The molecule has 0 spiro atoms. The van der Waals surface area contributed by atoms with Crippen molar-refractivity contribution in [1.29, 1.82) is 0 Å². The molecule has 8 heavy (non-hydrogen) atoms. The lowest BCUT2D eigenvalue weighted by Gasteiger charge is -1.90. The van der Waals surface area contributed by atoms with Gasteiger partial charge in [-0.2, -0.15) is 0 Å². The van der Waals surface area contributed by atoms with Crippen molar-refractivity contribution >= 4 is 10.7 Å². The maximum Gasteiger partial charge on any atom is 0.153 e. The van der Waals surface area contributed by atoms with E-state index < -0.39 is 10.7 Å². The minimum atomic E-state index is -2.20. The monoisotopic (exact) mass is 135 g/mol. The first-order valence-electron chi connectivity index (χ1n) is 2.64. The second-order valence-corrected chi connectivity index (χ2v) is 2.95. The van der Waals surface area contributed by atoms with Crippen LogP contribution in [-0.2, 0) is 10.7 Å². The SMILES string of the molecule is O=[SH](=O)CNC1CC1. The van der Waals surface area contributed by atoms with Crippen LogP contribution in [-0.4, -0.2) is 20.3 Å². The van der Waals surface area contributed by atoms with E-state index in [1.54, 1.807) is 0 Å². The third kappa shape index (κ3) is 2.28. The van der Waals surface area contributed by atoms with Gasteiger partial charge in [-0.3, -0.25) is 0 Å². The smallest absolute Gasteiger partial charge is 0.153 e. The summed E-state index contributed by atoms with van der Waals surface area (Å²) in [5.41, 5.74) is 0. The van der Waals surface area contributed by atoms with Crippen LogP contribution in [0.2, 0.25) is 0 Å². The average Bonchev–Trinajstić information content (AvgIpc) is 2.41. The Morgan fingerprint density at radius 1 is 1.50 bits per heavy atom. The number of thiol groups is 1. The summed E-state index contributed by atoms with van der Waals surface area (Å²) in [4.78, 5) is 0. The van der Waals surface area contributed by atoms with Crippen LogP contribution in [0.1, 0.15) is 12.8 Å². The van der Waals surface area contributed by atoms with Crippen LogP contribution in [0.4, 0.5) is 0 Å². The topological polar surface area (TPSA) is 46.2 Å². The minimum Gasteiger partial charge on any atom is -0.301 e. The normalized spacial score (nSPS) is 19.6. The van der Waals surface area contributed by atoms with Gasteiger partial charge in [-0.25, -0.2) is 8.42 Å². The van der Waals surface area contributed by atoms with Gasteiger partial charge in [0.15, 0.2) is 10.7 Å². The van der Waals surface area contributed by atoms with Crippen molar-refractivity contribution in [2.45, 2.75) is 18.9 Å². The molecule has 3 nitrogen and oxygen atoms in total. The Kier molecular flexibility index (Phi) is 1.85. The van der Waals surface area contributed by atoms with Crippen molar-refractivity contribution in [3.05, 3.63) is 0 Å². The van der Waals surface area contributed by atoms with E-state index in [4.69, 9.17) is 0 Å². The van der Waals surface area contributed by atoms with E-state index >= 15 is 0 Å². The van der Waals surface area contributed by atoms with Crippen molar-refractivity contribution in [2.24, 2.45) is 0 Å². The summed E-state index contributed by atoms with van der Waals surface area (Å²) in [5, 5.41) is 2.86. The van der Waals surface area contributed by atoms with Crippen molar-refractivity contribution < 1.29 is 8.42 Å². The Morgan fingerprint density at radius 3 is 2.50 bits per heavy atom. The third-order valence-corrected chi connectivity index (χ3v) is 1.53. The van der Waals surface area contributed by atoms with Crippen LogP contribution in [0.25, 0.3) is 0 Å². The van der Waals surface area contributed by atoms with E-state index in [2.05, 4.69) is 5.32 Å². The van der Waals surface area contributed by atoms with Gasteiger partial charge in [-0.05, 0) is 12.8 Å². The van der Waals surface area contributed by atoms with Crippen LogP contribution >= 0.6 is 0 Å². The van der Waals surface area contributed by atoms with Crippen LogP contribution in [0, 0.1) is 0 Å². The van der Waals surface area contributed by atoms with Gasteiger partial charge in [-0.1, -0.05) is 0 Å². The molecule has 0 amide bonds. The molecule has 0 heterocycles. The van der Waals surface area contributed by atoms with Crippen molar-refractivity contribution in [3.63, 3.8) is 0 Å². The number of nitrogens with one attached hydrogen (secondary N) is 1. The summed E-state index contributed by atoms with van der Waals surface area (Å²) in [6.45, 7) is 0. The number of hydrogen-bond acceptors (Lipinski definition) is 3. The summed E-state index contributed by atoms with van der Waals surface area (Å²) < 4.78 is 19.8. The van der Waals surface area contributed by atoms with E-state index in [1.807, 2.05) is 0 Å². The fourth-order valence-corrected chi connectivity index (χ4v) is 0.898. The Morgan fingerprint density at radius 2 is 2.12 bits per heavy atom. The third-order valence-electron chi connectivity index (χ3n) is 1.09. The summed E-state index contributed by atoms with van der Waals surface area (Å²) in [6, 6.07) is 0.503. The molecule has 1 N–H and O–H groups in total. The van der Waals surface area contributed by atoms with Gasteiger partial charge in [0.05, 0.1) is 5.88 Å². The van der Waals surface area contributed by atoms with E-state index in [9.17, 15) is 8.42 Å². The highest BCUT2D eigenvalue weighted by Crippen LogP contribution is 2.17. The summed E-state index contributed by atoms with van der Waals surface area (Å²) in [6.07, 6.45) is 2.28. The van der Waals surface area contributed by atoms with Gasteiger partial charge < -0.3 is 5.32 Å². The highest BCUT2D eigenvalue weighted by Gasteiger charge is 2.19. The minimum absolute atomic E-state index is 0.153. The second kappa shape index (κ2) is 2.46. The molecule has 4 heteroatoms. The van der Waals surface area contributed by atoms with E-state index in [-0.39, 0.29) is 5.88 Å². The maximum atomic E-state index is 9.91. The van der Waals surface area contributed by atoms with Gasteiger partial charge in [0.25, 0.3) is 0 Å². The summed E-state index contributed by atoms with van der Waals surface area (Å²) in [7, 11) is -2.20. The van der Waals surface area contributed by atoms with Gasteiger partial charge in [0, 0.05) is 6.04 Å². The molecule has 1 fully saturated rings. The average molecular weight is 135 g/mol. The molecule has 0 bridgehead atoms. The van der Waals surface area contributed by atoms with Crippen LogP contribution in [0.15, 0.2) is 0 Å². The van der Waals surface area contributed by atoms with Crippen molar-refractivity contribution in [3.8, 4) is 0 Å². The lowest BCUT2D eigenvalue weighted by Crippen LogP contribution is -2.18. The fourth-order valence-electron chi connectivity index (χ4n) is 0.491. The molecule has 1 aliphatic carbocycles. The van der Waals surface area contributed by atoms with E-state index in [0.29, 0.717) is 6.04 Å². The molecule has 0 atom stereocenters. The molecule has 0 aromatic heterocycles. The molecule has 0 unspecified atom stereocenters. The van der Waals surface area contributed by atoms with Crippen molar-refractivity contribution in [1.82, 2.24) is 5.32 Å². The summed E-state index contributed by atoms with van der Waals surface area (Å²) >= 11 is 0. The number of rotatable bonds is 3. The lowest BCUT2D eigenvalue weighted by atomic mass is 10.7. The predicted octanol–water partition coefficient (Wildman–Crippen LogP) is -0.693. The van der Waals surface area contributed by atoms with Gasteiger partial charge in [-0.15, -0.1) is 0 Å². The van der Waals surface area contributed by atoms with Crippen LogP contribution in [0.5, 0.6) is 0 Å². The van der Waals surface area contributed by atoms with Gasteiger partial charge in [0.1, 0.15) is 0 Å². The Hall–Kier alpha value is -0.0900. The molecule has 0 aliphatic heterocycles. The second-order valence-electron chi connectivity index (χ2n) is 1.97. The van der Waals surface area contributed by atoms with Crippen molar-refractivity contribution in [2.75, 3.05) is 5.88 Å². The predicted molar refractivity (Wildman–Crippen MR) is 31.3 cm³/mol. The first kappa shape index (κ1) is 6.04. The first-order chi connectivity index (χ1) is 3.79. The molecule has 0 radical (unpaired) electrons. The Balaban J connectivity index is 2.03. The summed E-state index contributed by atoms with van der Waals surface area (Å²) in [5.74, 6) is 0.153. The quantitative estimate of drug-likeness (QED) is 0.503. The fraction of sp³-hybridized carbons (Fsp3) is 1.00. The highest BCUT2D eigenvalue weighted by atomic mass is 32.2.